The van der Waals surface area contributed by atoms with E-state index in [1.807, 2.05) is 48.1 Å². The highest BCUT2D eigenvalue weighted by molar-refractivity contribution is 6.20. The van der Waals surface area contributed by atoms with Crippen molar-refractivity contribution in [3.05, 3.63) is 47.8 Å². The monoisotopic (exact) mass is 183 g/mol. The van der Waals surface area contributed by atoms with Gasteiger partial charge in [-0.05, 0) is 11.6 Å². The second-order valence-electron chi connectivity index (χ2n) is 3.56. The molecule has 0 bridgehead atoms. The Morgan fingerprint density at radius 2 is 1.71 bits per heavy atom. The van der Waals surface area contributed by atoms with Crippen molar-refractivity contribution in [2.45, 2.75) is 0 Å². The number of benzene rings is 1. The van der Waals surface area contributed by atoms with Crippen molar-refractivity contribution < 1.29 is 4.79 Å². The molecule has 0 aliphatic heterocycles. The largest absolute Gasteiger partial charge is 0.347 e. The maximum absolute atomic E-state index is 11.9. The summed E-state index contributed by atoms with van der Waals surface area (Å²) in [6, 6.07) is 9.76. The number of hydrogen-bond donors (Lipinski definition) is 0. The van der Waals surface area contributed by atoms with Gasteiger partial charge >= 0.3 is 0 Å². The second-order valence-corrected chi connectivity index (χ2v) is 3.56. The molecule has 0 radical (unpaired) electrons. The predicted octanol–water partition coefficient (Wildman–Crippen LogP) is 2.24. The van der Waals surface area contributed by atoms with Gasteiger partial charge in [0.15, 0.2) is 0 Å². The molecule has 0 unspecified atom stereocenters. The minimum absolute atomic E-state index is 0.142. The highest BCUT2D eigenvalue weighted by atomic mass is 16.1. The molecule has 2 aromatic rings. The van der Waals surface area contributed by atoms with E-state index in [1.54, 1.807) is 0 Å². The molecule has 1 aliphatic carbocycles. The first-order valence-corrected chi connectivity index (χ1v) is 4.58. The number of aryl methyl sites for hydroxylation is 1. The van der Waals surface area contributed by atoms with Crippen LogP contribution in [0.15, 0.2) is 36.5 Å². The standard InChI is InChI=1S/C12H9NO/c1-13-7-6-9-8-4-2-3-5-10(8)12(14)11(9)13/h2-7H,1H3. The van der Waals surface area contributed by atoms with E-state index < -0.39 is 0 Å². The molecule has 2 nitrogen and oxygen atoms in total. The summed E-state index contributed by atoms with van der Waals surface area (Å²) in [5.74, 6) is 0.142. The van der Waals surface area contributed by atoms with Crippen molar-refractivity contribution in [1.29, 1.82) is 0 Å². The molecule has 0 saturated carbocycles. The highest BCUT2D eigenvalue weighted by Crippen LogP contribution is 2.36. The van der Waals surface area contributed by atoms with Crippen LogP contribution in [0, 0.1) is 0 Å². The molecule has 0 N–H and O–H groups in total. The average molecular weight is 183 g/mol. The molecular formula is C12H9NO. The van der Waals surface area contributed by atoms with E-state index in [0.717, 1.165) is 22.4 Å². The van der Waals surface area contributed by atoms with Gasteiger partial charge in [0.25, 0.3) is 0 Å². The molecule has 14 heavy (non-hydrogen) atoms. The minimum Gasteiger partial charge on any atom is -0.347 e. The molecule has 0 amide bonds. The Morgan fingerprint density at radius 3 is 2.50 bits per heavy atom. The minimum atomic E-state index is 0.142. The summed E-state index contributed by atoms with van der Waals surface area (Å²) in [5.41, 5.74) is 3.76. The Balaban J connectivity index is 2.42. The summed E-state index contributed by atoms with van der Waals surface area (Å²) in [4.78, 5) is 11.9. The van der Waals surface area contributed by atoms with Crippen LogP contribution in [-0.4, -0.2) is 10.4 Å². The summed E-state index contributed by atoms with van der Waals surface area (Å²) >= 11 is 0. The zero-order valence-electron chi connectivity index (χ0n) is 7.82. The second kappa shape index (κ2) is 2.35. The average Bonchev–Trinajstić information content (AvgIpc) is 2.70. The predicted molar refractivity (Wildman–Crippen MR) is 54.3 cm³/mol. The highest BCUT2D eigenvalue weighted by Gasteiger charge is 2.28. The van der Waals surface area contributed by atoms with Gasteiger partial charge in [-0.25, -0.2) is 0 Å². The van der Waals surface area contributed by atoms with Crippen LogP contribution in [-0.2, 0) is 7.05 Å². The third kappa shape index (κ3) is 0.732. The van der Waals surface area contributed by atoms with Crippen LogP contribution < -0.4 is 0 Å². The summed E-state index contributed by atoms with van der Waals surface area (Å²) in [5, 5.41) is 0. The summed E-state index contributed by atoms with van der Waals surface area (Å²) < 4.78 is 1.89. The van der Waals surface area contributed by atoms with Crippen molar-refractivity contribution in [1.82, 2.24) is 4.57 Å². The number of carbonyl (C=O) groups excluding carboxylic acids is 1. The van der Waals surface area contributed by atoms with Crippen molar-refractivity contribution in [3.63, 3.8) is 0 Å². The number of hydrogen-bond acceptors (Lipinski definition) is 1. The van der Waals surface area contributed by atoms with Crippen LogP contribution in [0.3, 0.4) is 0 Å². The molecule has 0 fully saturated rings. The van der Waals surface area contributed by atoms with Gasteiger partial charge in [0.2, 0.25) is 5.78 Å². The number of fused-ring (bicyclic) bond motifs is 3. The maximum Gasteiger partial charge on any atom is 0.210 e. The van der Waals surface area contributed by atoms with Gasteiger partial charge in [0, 0.05) is 24.4 Å². The fourth-order valence-electron chi connectivity index (χ4n) is 2.07. The Bertz CT molecular complexity index is 537. The number of nitrogens with zero attached hydrogens (tertiary/aromatic N) is 1. The first-order chi connectivity index (χ1) is 6.79. The Hall–Kier alpha value is -1.83. The van der Waals surface area contributed by atoms with Crippen molar-refractivity contribution in [2.75, 3.05) is 0 Å². The Kier molecular flexibility index (Phi) is 1.27. The van der Waals surface area contributed by atoms with E-state index in [4.69, 9.17) is 0 Å². The van der Waals surface area contributed by atoms with E-state index in [2.05, 4.69) is 0 Å². The molecule has 3 rings (SSSR count). The lowest BCUT2D eigenvalue weighted by molar-refractivity contribution is 0.103. The van der Waals surface area contributed by atoms with Crippen LogP contribution in [0.2, 0.25) is 0 Å². The van der Waals surface area contributed by atoms with Gasteiger partial charge in [-0.15, -0.1) is 0 Å². The summed E-state index contributed by atoms with van der Waals surface area (Å²) in [6.07, 6.45) is 1.93. The first kappa shape index (κ1) is 7.56. The summed E-state index contributed by atoms with van der Waals surface area (Å²) in [6.45, 7) is 0. The van der Waals surface area contributed by atoms with Crippen LogP contribution in [0.25, 0.3) is 11.1 Å². The number of carbonyl (C=O) groups is 1. The van der Waals surface area contributed by atoms with Gasteiger partial charge in [0.1, 0.15) is 0 Å². The van der Waals surface area contributed by atoms with Crippen LogP contribution >= 0.6 is 0 Å². The van der Waals surface area contributed by atoms with Crippen molar-refractivity contribution in [2.24, 2.45) is 7.05 Å². The maximum atomic E-state index is 11.9. The van der Waals surface area contributed by atoms with Gasteiger partial charge in [0.05, 0.1) is 5.69 Å². The molecule has 1 heterocycles. The van der Waals surface area contributed by atoms with E-state index in [1.165, 1.54) is 0 Å². The normalized spacial score (nSPS) is 12.8. The number of rotatable bonds is 0. The lowest BCUT2D eigenvalue weighted by Gasteiger charge is -1.96. The lowest BCUT2D eigenvalue weighted by atomic mass is 10.1. The SMILES string of the molecule is Cn1ccc2c1C(=O)c1ccccc1-2. The molecule has 0 saturated heterocycles. The Labute approximate surface area is 81.8 Å². The lowest BCUT2D eigenvalue weighted by Crippen LogP contribution is -2.02. The molecule has 0 spiro atoms. The molecule has 2 heteroatoms. The number of aromatic nitrogens is 1. The third-order valence-corrected chi connectivity index (χ3v) is 2.75. The molecule has 1 aromatic heterocycles. The van der Waals surface area contributed by atoms with E-state index in [9.17, 15) is 4.79 Å². The topological polar surface area (TPSA) is 22.0 Å². The fourth-order valence-corrected chi connectivity index (χ4v) is 2.07. The van der Waals surface area contributed by atoms with Crippen LogP contribution in [0.5, 0.6) is 0 Å². The van der Waals surface area contributed by atoms with E-state index >= 15 is 0 Å². The number of ketones is 1. The van der Waals surface area contributed by atoms with Gasteiger partial charge in [-0.2, -0.15) is 0 Å². The third-order valence-electron chi connectivity index (χ3n) is 2.75. The van der Waals surface area contributed by atoms with Crippen molar-refractivity contribution in [3.8, 4) is 11.1 Å². The Morgan fingerprint density at radius 1 is 1.00 bits per heavy atom. The summed E-state index contributed by atoms with van der Waals surface area (Å²) in [7, 11) is 1.91. The van der Waals surface area contributed by atoms with Crippen molar-refractivity contribution >= 4 is 5.78 Å². The smallest absolute Gasteiger partial charge is 0.210 e. The molecule has 1 aliphatic rings. The molecule has 1 aromatic carbocycles. The van der Waals surface area contributed by atoms with E-state index in [0.29, 0.717) is 0 Å². The quantitative estimate of drug-likeness (QED) is 0.524. The first-order valence-electron chi connectivity index (χ1n) is 4.58. The van der Waals surface area contributed by atoms with Crippen LogP contribution in [0.4, 0.5) is 0 Å². The van der Waals surface area contributed by atoms with Gasteiger partial charge in [-0.1, -0.05) is 24.3 Å². The zero-order chi connectivity index (χ0) is 9.71. The van der Waals surface area contributed by atoms with Gasteiger partial charge < -0.3 is 4.57 Å². The van der Waals surface area contributed by atoms with Gasteiger partial charge in [-0.3, -0.25) is 4.79 Å². The molecular weight excluding hydrogens is 174 g/mol. The molecule has 0 atom stereocenters. The van der Waals surface area contributed by atoms with Crippen LogP contribution in [0.1, 0.15) is 16.1 Å². The van der Waals surface area contributed by atoms with E-state index in [-0.39, 0.29) is 5.78 Å². The molecule has 68 valence electrons. The fraction of sp³-hybridized carbons (Fsp3) is 0.0833. The zero-order valence-corrected chi connectivity index (χ0v) is 7.82.